The summed E-state index contributed by atoms with van der Waals surface area (Å²) in [6.07, 6.45) is -4.54. The molecule has 0 aliphatic carbocycles. The number of rotatable bonds is 5. The predicted molar refractivity (Wildman–Crippen MR) is 92.7 cm³/mol. The van der Waals surface area contributed by atoms with Gasteiger partial charge in [-0.15, -0.1) is 11.8 Å². The summed E-state index contributed by atoms with van der Waals surface area (Å²) in [5, 5.41) is 2.59. The number of anilines is 1. The number of carbonyl (C=O) groups is 1. The molecule has 0 heterocycles. The van der Waals surface area contributed by atoms with Crippen molar-refractivity contribution in [2.45, 2.75) is 11.9 Å². The number of halogens is 6. The van der Waals surface area contributed by atoms with Crippen LogP contribution in [0.25, 0.3) is 0 Å². The average Bonchev–Trinajstić information content (AvgIpc) is 2.50. The number of amides is 1. The molecule has 0 spiro atoms. The van der Waals surface area contributed by atoms with E-state index in [2.05, 4.69) is 5.32 Å². The Balaban J connectivity index is 1.94. The van der Waals surface area contributed by atoms with Crippen molar-refractivity contribution in [3.63, 3.8) is 0 Å². The lowest BCUT2D eigenvalue weighted by atomic mass is 10.2. The summed E-state index contributed by atoms with van der Waals surface area (Å²) in [5.74, 6) is -0.886. The molecule has 0 saturated heterocycles. The second-order valence-corrected chi connectivity index (χ2v) is 6.80. The molecule has 9 heteroatoms. The Morgan fingerprint density at radius 2 is 1.84 bits per heavy atom. The quantitative estimate of drug-likeness (QED) is 0.609. The Labute approximate surface area is 155 Å². The summed E-state index contributed by atoms with van der Waals surface area (Å²) in [6, 6.07) is 6.87. The molecular weight excluding hydrogens is 401 g/mol. The zero-order chi connectivity index (χ0) is 18.6. The van der Waals surface area contributed by atoms with Gasteiger partial charge in [-0.1, -0.05) is 29.3 Å². The maximum atomic E-state index is 13.6. The van der Waals surface area contributed by atoms with E-state index in [4.69, 9.17) is 23.2 Å². The normalized spacial score (nSPS) is 11.4. The molecule has 2 aromatic carbocycles. The molecule has 1 N–H and O–H groups in total. The fourth-order valence-electron chi connectivity index (χ4n) is 1.88. The van der Waals surface area contributed by atoms with E-state index in [1.165, 1.54) is 18.2 Å². The van der Waals surface area contributed by atoms with Crippen molar-refractivity contribution in [3.8, 4) is 0 Å². The monoisotopic (exact) mass is 411 g/mol. The maximum Gasteiger partial charge on any atom is 0.416 e. The lowest BCUT2D eigenvalue weighted by molar-refractivity contribution is -0.137. The van der Waals surface area contributed by atoms with Crippen molar-refractivity contribution in [3.05, 3.63) is 63.4 Å². The Morgan fingerprint density at radius 1 is 1.12 bits per heavy atom. The molecule has 1 amide bonds. The summed E-state index contributed by atoms with van der Waals surface area (Å²) >= 11 is 12.6. The third kappa shape index (κ3) is 5.80. The molecular formula is C16H11Cl2F4NOS. The van der Waals surface area contributed by atoms with Gasteiger partial charge in [-0.2, -0.15) is 13.2 Å². The highest BCUT2D eigenvalue weighted by molar-refractivity contribution is 7.99. The molecule has 0 unspecified atom stereocenters. The van der Waals surface area contributed by atoms with E-state index in [0.717, 1.165) is 30.0 Å². The summed E-state index contributed by atoms with van der Waals surface area (Å²) in [4.78, 5) is 11.9. The molecule has 2 rings (SSSR count). The molecule has 0 aromatic heterocycles. The third-order valence-corrected chi connectivity index (χ3v) is 4.62. The summed E-state index contributed by atoms with van der Waals surface area (Å²) < 4.78 is 51.7. The van der Waals surface area contributed by atoms with E-state index in [0.29, 0.717) is 5.56 Å². The highest BCUT2D eigenvalue weighted by Crippen LogP contribution is 2.33. The second-order valence-electron chi connectivity index (χ2n) is 4.97. The number of benzene rings is 2. The Kier molecular flexibility index (Phi) is 6.59. The standard InChI is InChI=1S/C16H11Cl2F4NOS/c17-11-3-1-9(13(19)6-11)7-25-8-15(24)23-14-5-10(16(20,21)22)2-4-12(14)18/h1-6H,7-8H2,(H,23,24). The minimum Gasteiger partial charge on any atom is -0.324 e. The van der Waals surface area contributed by atoms with Crippen LogP contribution in [0.15, 0.2) is 36.4 Å². The van der Waals surface area contributed by atoms with Crippen LogP contribution in [0.2, 0.25) is 10.0 Å². The molecule has 2 aromatic rings. The maximum absolute atomic E-state index is 13.6. The number of nitrogens with one attached hydrogen (secondary N) is 1. The van der Waals surface area contributed by atoms with Gasteiger partial charge in [-0.05, 0) is 35.9 Å². The zero-order valence-corrected chi connectivity index (χ0v) is 14.8. The van der Waals surface area contributed by atoms with Gasteiger partial charge in [0.2, 0.25) is 5.91 Å². The molecule has 0 bridgehead atoms. The summed E-state index contributed by atoms with van der Waals surface area (Å²) in [6.45, 7) is 0. The molecule has 0 fully saturated rings. The fourth-order valence-corrected chi connectivity index (χ4v) is 3.01. The van der Waals surface area contributed by atoms with Crippen LogP contribution in [0, 0.1) is 5.82 Å². The van der Waals surface area contributed by atoms with Crippen molar-refractivity contribution in [1.29, 1.82) is 0 Å². The summed E-state index contributed by atoms with van der Waals surface area (Å²) in [5.41, 5.74) is -0.665. The fraction of sp³-hybridized carbons (Fsp3) is 0.188. The van der Waals surface area contributed by atoms with Crippen molar-refractivity contribution in [2.75, 3.05) is 11.1 Å². The van der Waals surface area contributed by atoms with Crippen molar-refractivity contribution >= 4 is 46.6 Å². The molecule has 0 aliphatic rings. The SMILES string of the molecule is O=C(CSCc1ccc(Cl)cc1F)Nc1cc(C(F)(F)F)ccc1Cl. The van der Waals surface area contributed by atoms with Gasteiger partial charge in [-0.3, -0.25) is 4.79 Å². The van der Waals surface area contributed by atoms with Crippen LogP contribution in [0.4, 0.5) is 23.2 Å². The third-order valence-electron chi connectivity index (χ3n) is 3.07. The first-order valence-electron chi connectivity index (χ1n) is 6.85. The summed E-state index contributed by atoms with van der Waals surface area (Å²) in [7, 11) is 0. The number of carbonyl (C=O) groups excluding carboxylic acids is 1. The number of thioether (sulfide) groups is 1. The van der Waals surface area contributed by atoms with Crippen LogP contribution >= 0.6 is 35.0 Å². The van der Waals surface area contributed by atoms with Crippen LogP contribution in [0.5, 0.6) is 0 Å². The smallest absolute Gasteiger partial charge is 0.324 e. The van der Waals surface area contributed by atoms with E-state index < -0.39 is 23.5 Å². The van der Waals surface area contributed by atoms with Crippen LogP contribution in [-0.2, 0) is 16.7 Å². The minimum absolute atomic E-state index is 0.00454. The van der Waals surface area contributed by atoms with Gasteiger partial charge in [0, 0.05) is 10.8 Å². The molecule has 0 radical (unpaired) electrons. The number of alkyl halides is 3. The second kappa shape index (κ2) is 8.29. The van der Waals surface area contributed by atoms with Gasteiger partial charge in [0.1, 0.15) is 5.82 Å². The molecule has 25 heavy (non-hydrogen) atoms. The Bertz CT molecular complexity index is 783. The zero-order valence-electron chi connectivity index (χ0n) is 12.5. The first-order chi connectivity index (χ1) is 11.7. The van der Waals surface area contributed by atoms with Gasteiger partial charge >= 0.3 is 6.18 Å². The lowest BCUT2D eigenvalue weighted by Crippen LogP contribution is -2.15. The van der Waals surface area contributed by atoms with Crippen LogP contribution < -0.4 is 5.32 Å². The van der Waals surface area contributed by atoms with E-state index >= 15 is 0 Å². The van der Waals surface area contributed by atoms with Crippen molar-refractivity contribution < 1.29 is 22.4 Å². The molecule has 0 saturated carbocycles. The first kappa shape index (κ1) is 19.9. The average molecular weight is 412 g/mol. The van der Waals surface area contributed by atoms with Crippen LogP contribution in [0.3, 0.4) is 0 Å². The molecule has 0 atom stereocenters. The highest BCUT2D eigenvalue weighted by Gasteiger charge is 2.31. The van der Waals surface area contributed by atoms with E-state index in [1.807, 2.05) is 0 Å². The van der Waals surface area contributed by atoms with Gasteiger partial charge in [0.25, 0.3) is 0 Å². The van der Waals surface area contributed by atoms with Crippen LogP contribution in [-0.4, -0.2) is 11.7 Å². The van der Waals surface area contributed by atoms with Crippen LogP contribution in [0.1, 0.15) is 11.1 Å². The number of hydrogen-bond donors (Lipinski definition) is 1. The van der Waals surface area contributed by atoms with E-state index in [1.54, 1.807) is 0 Å². The first-order valence-corrected chi connectivity index (χ1v) is 8.76. The Morgan fingerprint density at radius 3 is 2.48 bits per heavy atom. The van der Waals surface area contributed by atoms with E-state index in [9.17, 15) is 22.4 Å². The lowest BCUT2D eigenvalue weighted by Gasteiger charge is -2.11. The van der Waals surface area contributed by atoms with Crippen molar-refractivity contribution in [2.24, 2.45) is 0 Å². The van der Waals surface area contributed by atoms with Gasteiger partial charge in [-0.25, -0.2) is 4.39 Å². The Hall–Kier alpha value is -1.44. The van der Waals surface area contributed by atoms with E-state index in [-0.39, 0.29) is 27.2 Å². The molecule has 134 valence electrons. The largest absolute Gasteiger partial charge is 0.416 e. The number of hydrogen-bond acceptors (Lipinski definition) is 2. The molecule has 0 aliphatic heterocycles. The topological polar surface area (TPSA) is 29.1 Å². The molecule has 2 nitrogen and oxygen atoms in total. The van der Waals surface area contributed by atoms with Gasteiger partial charge in [0.15, 0.2) is 0 Å². The van der Waals surface area contributed by atoms with Crippen molar-refractivity contribution in [1.82, 2.24) is 0 Å². The highest BCUT2D eigenvalue weighted by atomic mass is 35.5. The minimum atomic E-state index is -4.54. The predicted octanol–water partition coefficient (Wildman–Crippen LogP) is 6.02. The van der Waals surface area contributed by atoms with Gasteiger partial charge < -0.3 is 5.32 Å². The van der Waals surface area contributed by atoms with Gasteiger partial charge in [0.05, 0.1) is 22.0 Å².